The van der Waals surface area contributed by atoms with Crippen molar-refractivity contribution in [3.05, 3.63) is 65.1 Å². The number of nitrogens with one attached hydrogen (secondary N) is 1. The van der Waals surface area contributed by atoms with Gasteiger partial charge in [-0.1, -0.05) is 30.3 Å². The Morgan fingerprint density at radius 2 is 1.83 bits per heavy atom. The molecule has 3 aromatic rings. The number of anilines is 1. The SMILES string of the molecule is CCOc1ccccc1NC(=O)[C@H](C)OC(=O)Cn1nc(-c2ccccc2)oc1=O. The molecule has 1 atom stereocenters. The van der Waals surface area contributed by atoms with Gasteiger partial charge < -0.3 is 19.2 Å². The number of carbonyl (C=O) groups excluding carboxylic acids is 2. The number of para-hydroxylation sites is 2. The normalized spacial score (nSPS) is 11.5. The van der Waals surface area contributed by atoms with Crippen molar-refractivity contribution in [2.24, 2.45) is 0 Å². The number of hydrogen-bond acceptors (Lipinski definition) is 7. The van der Waals surface area contributed by atoms with Crippen LogP contribution in [0.1, 0.15) is 13.8 Å². The predicted octanol–water partition coefficient (Wildman–Crippen LogP) is 2.47. The predicted molar refractivity (Wildman–Crippen MR) is 108 cm³/mol. The lowest BCUT2D eigenvalue weighted by Crippen LogP contribution is -2.32. The van der Waals surface area contributed by atoms with E-state index in [9.17, 15) is 14.4 Å². The van der Waals surface area contributed by atoms with E-state index in [1.54, 1.807) is 48.5 Å². The van der Waals surface area contributed by atoms with E-state index in [2.05, 4.69) is 10.4 Å². The molecule has 2 aromatic carbocycles. The van der Waals surface area contributed by atoms with Crippen LogP contribution in [-0.2, 0) is 20.9 Å². The second kappa shape index (κ2) is 9.55. The summed E-state index contributed by atoms with van der Waals surface area (Å²) in [5, 5.41) is 6.65. The molecule has 0 radical (unpaired) electrons. The van der Waals surface area contributed by atoms with Gasteiger partial charge in [-0.05, 0) is 38.1 Å². The van der Waals surface area contributed by atoms with Gasteiger partial charge >= 0.3 is 11.7 Å². The summed E-state index contributed by atoms with van der Waals surface area (Å²) in [6.07, 6.45) is -1.09. The first-order valence-corrected chi connectivity index (χ1v) is 9.33. The molecule has 0 unspecified atom stereocenters. The van der Waals surface area contributed by atoms with Crippen molar-refractivity contribution >= 4 is 17.6 Å². The number of rotatable bonds is 8. The van der Waals surface area contributed by atoms with Gasteiger partial charge in [-0.3, -0.25) is 9.59 Å². The summed E-state index contributed by atoms with van der Waals surface area (Å²) in [6.45, 7) is 3.21. The van der Waals surface area contributed by atoms with E-state index in [1.807, 2.05) is 13.0 Å². The summed E-state index contributed by atoms with van der Waals surface area (Å²) < 4.78 is 16.5. The quantitative estimate of drug-likeness (QED) is 0.567. The molecule has 1 amide bonds. The number of esters is 1. The number of benzene rings is 2. The van der Waals surface area contributed by atoms with Gasteiger partial charge in [0.2, 0.25) is 5.89 Å². The highest BCUT2D eigenvalue weighted by atomic mass is 16.5. The van der Waals surface area contributed by atoms with E-state index in [4.69, 9.17) is 13.9 Å². The van der Waals surface area contributed by atoms with E-state index in [1.165, 1.54) is 6.92 Å². The number of amides is 1. The van der Waals surface area contributed by atoms with Crippen LogP contribution >= 0.6 is 0 Å². The highest BCUT2D eigenvalue weighted by Gasteiger charge is 2.21. The van der Waals surface area contributed by atoms with E-state index < -0.39 is 30.3 Å². The van der Waals surface area contributed by atoms with E-state index in [0.717, 1.165) is 4.68 Å². The average molecular weight is 411 g/mol. The maximum Gasteiger partial charge on any atom is 0.437 e. The number of ether oxygens (including phenoxy) is 2. The molecule has 0 aliphatic rings. The van der Waals surface area contributed by atoms with Crippen LogP contribution in [-0.4, -0.2) is 34.4 Å². The standard InChI is InChI=1S/C21H21N3O6/c1-3-28-17-12-8-7-11-16(17)22-19(26)14(2)29-18(25)13-24-21(27)30-20(23-24)15-9-5-4-6-10-15/h4-12,14H,3,13H2,1-2H3,(H,22,26)/t14-/m0/s1. The molecular formula is C21H21N3O6. The zero-order valence-corrected chi connectivity index (χ0v) is 16.5. The van der Waals surface area contributed by atoms with Crippen LogP contribution in [0.25, 0.3) is 11.5 Å². The Morgan fingerprint density at radius 3 is 2.57 bits per heavy atom. The van der Waals surface area contributed by atoms with Gasteiger partial charge in [0.05, 0.1) is 12.3 Å². The number of hydrogen-bond donors (Lipinski definition) is 1. The van der Waals surface area contributed by atoms with Crippen molar-refractivity contribution in [3.63, 3.8) is 0 Å². The van der Waals surface area contributed by atoms with Gasteiger partial charge in [0.25, 0.3) is 5.91 Å². The smallest absolute Gasteiger partial charge is 0.437 e. The molecule has 9 heteroatoms. The number of carbonyl (C=O) groups is 2. The topological polar surface area (TPSA) is 113 Å². The monoisotopic (exact) mass is 411 g/mol. The van der Waals surface area contributed by atoms with Crippen LogP contribution in [0.5, 0.6) is 5.75 Å². The molecule has 1 heterocycles. The van der Waals surface area contributed by atoms with Crippen LogP contribution in [0.15, 0.2) is 63.8 Å². The molecule has 0 saturated heterocycles. The van der Waals surface area contributed by atoms with Crippen molar-refractivity contribution in [1.82, 2.24) is 9.78 Å². The third-order valence-corrected chi connectivity index (χ3v) is 4.03. The third-order valence-electron chi connectivity index (χ3n) is 4.03. The van der Waals surface area contributed by atoms with Gasteiger partial charge in [-0.25, -0.2) is 4.79 Å². The minimum Gasteiger partial charge on any atom is -0.492 e. The molecule has 0 spiro atoms. The van der Waals surface area contributed by atoms with Gasteiger partial charge in [0, 0.05) is 5.56 Å². The lowest BCUT2D eigenvalue weighted by atomic mass is 10.2. The summed E-state index contributed by atoms with van der Waals surface area (Å²) in [6, 6.07) is 15.7. The summed E-state index contributed by atoms with van der Waals surface area (Å²) in [5.41, 5.74) is 1.06. The molecule has 0 fully saturated rings. The highest BCUT2D eigenvalue weighted by Crippen LogP contribution is 2.24. The van der Waals surface area contributed by atoms with Gasteiger partial charge in [0.15, 0.2) is 6.10 Å². The Balaban J connectivity index is 1.60. The molecule has 1 aromatic heterocycles. The van der Waals surface area contributed by atoms with Crippen molar-refractivity contribution in [1.29, 1.82) is 0 Å². The molecule has 9 nitrogen and oxygen atoms in total. The molecule has 0 aliphatic carbocycles. The summed E-state index contributed by atoms with van der Waals surface area (Å²) in [4.78, 5) is 36.5. The first-order chi connectivity index (χ1) is 14.5. The first-order valence-electron chi connectivity index (χ1n) is 9.33. The Labute approximate surface area is 172 Å². The fourth-order valence-electron chi connectivity index (χ4n) is 2.60. The van der Waals surface area contributed by atoms with Gasteiger partial charge in [-0.2, -0.15) is 4.68 Å². The number of aromatic nitrogens is 2. The van der Waals surface area contributed by atoms with Crippen molar-refractivity contribution < 1.29 is 23.5 Å². The summed E-state index contributed by atoms with van der Waals surface area (Å²) >= 11 is 0. The Morgan fingerprint density at radius 1 is 1.13 bits per heavy atom. The van der Waals surface area contributed by atoms with Crippen LogP contribution in [0.4, 0.5) is 5.69 Å². The largest absolute Gasteiger partial charge is 0.492 e. The minimum atomic E-state index is -1.09. The lowest BCUT2D eigenvalue weighted by molar-refractivity contribution is -0.154. The Bertz CT molecular complexity index is 1070. The molecule has 1 N–H and O–H groups in total. The van der Waals surface area contributed by atoms with Gasteiger partial charge in [0.1, 0.15) is 12.3 Å². The van der Waals surface area contributed by atoms with Crippen LogP contribution in [0.2, 0.25) is 0 Å². The zero-order chi connectivity index (χ0) is 21.5. The Kier molecular flexibility index (Phi) is 6.63. The summed E-state index contributed by atoms with van der Waals surface area (Å²) in [5.74, 6) is -1.53. The second-order valence-corrected chi connectivity index (χ2v) is 6.25. The fraction of sp³-hybridized carbons (Fsp3) is 0.238. The zero-order valence-electron chi connectivity index (χ0n) is 16.5. The highest BCUT2D eigenvalue weighted by molar-refractivity contribution is 5.96. The number of nitrogens with zero attached hydrogens (tertiary/aromatic N) is 2. The molecular weight excluding hydrogens is 390 g/mol. The van der Waals surface area contributed by atoms with Crippen LogP contribution in [0.3, 0.4) is 0 Å². The van der Waals surface area contributed by atoms with Crippen LogP contribution in [0, 0.1) is 0 Å². The third kappa shape index (κ3) is 5.13. The van der Waals surface area contributed by atoms with E-state index in [-0.39, 0.29) is 5.89 Å². The molecule has 156 valence electrons. The van der Waals surface area contributed by atoms with Crippen molar-refractivity contribution in [3.8, 4) is 17.2 Å². The molecule has 0 bridgehead atoms. The van der Waals surface area contributed by atoms with Crippen molar-refractivity contribution in [2.45, 2.75) is 26.5 Å². The summed E-state index contributed by atoms with van der Waals surface area (Å²) in [7, 11) is 0. The maximum absolute atomic E-state index is 12.4. The molecule has 30 heavy (non-hydrogen) atoms. The molecule has 0 aliphatic heterocycles. The Hall–Kier alpha value is -3.88. The maximum atomic E-state index is 12.4. The average Bonchev–Trinajstić information content (AvgIpc) is 3.10. The second-order valence-electron chi connectivity index (χ2n) is 6.25. The molecule has 3 rings (SSSR count). The van der Waals surface area contributed by atoms with E-state index >= 15 is 0 Å². The van der Waals surface area contributed by atoms with E-state index in [0.29, 0.717) is 23.6 Å². The lowest BCUT2D eigenvalue weighted by Gasteiger charge is -2.15. The van der Waals surface area contributed by atoms with Crippen LogP contribution < -0.4 is 15.8 Å². The van der Waals surface area contributed by atoms with Gasteiger partial charge in [-0.15, -0.1) is 5.10 Å². The minimum absolute atomic E-state index is 0.0896. The van der Waals surface area contributed by atoms with Crippen molar-refractivity contribution in [2.75, 3.05) is 11.9 Å². The first kappa shape index (κ1) is 20.8. The fourth-order valence-corrected chi connectivity index (χ4v) is 2.60. The molecule has 0 saturated carbocycles.